The Hall–Kier alpha value is -2.57. The van der Waals surface area contributed by atoms with Crippen LogP contribution in [0.5, 0.6) is 5.75 Å². The van der Waals surface area contributed by atoms with Crippen molar-refractivity contribution in [3.8, 4) is 5.75 Å². The van der Waals surface area contributed by atoms with E-state index in [1.165, 1.54) is 4.90 Å². The summed E-state index contributed by atoms with van der Waals surface area (Å²) in [7, 11) is 0. The van der Waals surface area contributed by atoms with Gasteiger partial charge in [0, 0.05) is 16.1 Å². The minimum atomic E-state index is -1.10. The normalized spacial score (nSPS) is 21.7. The number of nitrogens with zero attached hydrogens (tertiary/aromatic N) is 1. The van der Waals surface area contributed by atoms with Gasteiger partial charge in [-0.05, 0) is 31.5 Å². The maximum Gasteiger partial charge on any atom is 0.325 e. The highest BCUT2D eigenvalue weighted by Gasteiger charge is 2.49. The molecule has 1 unspecified atom stereocenters. The predicted octanol–water partition coefficient (Wildman–Crippen LogP) is 3.48. The van der Waals surface area contributed by atoms with Gasteiger partial charge in [0.2, 0.25) is 0 Å². The maximum absolute atomic E-state index is 13.1. The Balaban J connectivity index is 1.66. The molecule has 2 aliphatic rings. The topological polar surface area (TPSA) is 67.9 Å². The molecule has 1 saturated heterocycles. The summed E-state index contributed by atoms with van der Waals surface area (Å²) < 4.78 is 10.9. The smallest absolute Gasteiger partial charge is 0.325 e. The second-order valence-electron chi connectivity index (χ2n) is 6.98. The largest absolute Gasteiger partial charge is 0.467 e. The van der Waals surface area contributed by atoms with Crippen molar-refractivity contribution in [3.05, 3.63) is 63.7 Å². The van der Waals surface area contributed by atoms with Gasteiger partial charge in [0.15, 0.2) is 6.79 Å². The minimum Gasteiger partial charge on any atom is -0.467 e. The number of imide groups is 1. The van der Waals surface area contributed by atoms with Crippen LogP contribution in [-0.4, -0.2) is 23.6 Å². The number of hydrogen-bond donors (Lipinski definition) is 1. The molecule has 0 radical (unpaired) electrons. The number of urea groups is 1. The first kappa shape index (κ1) is 17.8. The molecule has 0 bridgehead atoms. The SMILES string of the molecule is Cc1ccc(C2(C)NC(=O)N(Cc3cc(Cl)cc4c3OCOC4)C2=O)cc1. The van der Waals surface area contributed by atoms with Gasteiger partial charge in [-0.1, -0.05) is 41.4 Å². The van der Waals surface area contributed by atoms with E-state index >= 15 is 0 Å². The van der Waals surface area contributed by atoms with Crippen LogP contribution in [0.1, 0.15) is 29.2 Å². The lowest BCUT2D eigenvalue weighted by Gasteiger charge is -2.24. The summed E-state index contributed by atoms with van der Waals surface area (Å²) in [5, 5.41) is 3.33. The van der Waals surface area contributed by atoms with Crippen LogP contribution in [0.25, 0.3) is 0 Å². The molecule has 0 aliphatic carbocycles. The van der Waals surface area contributed by atoms with Crippen LogP contribution in [0, 0.1) is 6.92 Å². The Morgan fingerprint density at radius 1 is 1.22 bits per heavy atom. The van der Waals surface area contributed by atoms with Crippen LogP contribution in [0.4, 0.5) is 4.79 Å². The van der Waals surface area contributed by atoms with Gasteiger partial charge in [-0.25, -0.2) is 4.79 Å². The van der Waals surface area contributed by atoms with E-state index in [1.807, 2.05) is 31.2 Å². The molecule has 0 spiro atoms. The first-order valence-corrected chi connectivity index (χ1v) is 8.99. The molecule has 2 heterocycles. The molecule has 1 atom stereocenters. The molecule has 1 N–H and O–H groups in total. The van der Waals surface area contributed by atoms with Crippen molar-refractivity contribution in [2.24, 2.45) is 0 Å². The lowest BCUT2D eigenvalue weighted by molar-refractivity contribution is -0.131. The number of rotatable bonds is 3. The van der Waals surface area contributed by atoms with E-state index in [2.05, 4.69) is 5.32 Å². The molecule has 27 heavy (non-hydrogen) atoms. The fourth-order valence-electron chi connectivity index (χ4n) is 3.47. The number of hydrogen-bond acceptors (Lipinski definition) is 4. The second-order valence-corrected chi connectivity index (χ2v) is 7.41. The van der Waals surface area contributed by atoms with E-state index in [1.54, 1.807) is 19.1 Å². The third-order valence-corrected chi connectivity index (χ3v) is 5.20. The van der Waals surface area contributed by atoms with Crippen LogP contribution in [0.3, 0.4) is 0 Å². The quantitative estimate of drug-likeness (QED) is 0.820. The molecule has 7 heteroatoms. The molecule has 140 valence electrons. The van der Waals surface area contributed by atoms with Crippen LogP contribution in [0.2, 0.25) is 5.02 Å². The van der Waals surface area contributed by atoms with Crippen LogP contribution < -0.4 is 10.1 Å². The van der Waals surface area contributed by atoms with Gasteiger partial charge in [-0.15, -0.1) is 0 Å². The summed E-state index contributed by atoms with van der Waals surface area (Å²) in [5.74, 6) is 0.312. The molecule has 0 saturated carbocycles. The van der Waals surface area contributed by atoms with Crippen molar-refractivity contribution in [2.75, 3.05) is 6.79 Å². The third kappa shape index (κ3) is 3.05. The van der Waals surface area contributed by atoms with Crippen molar-refractivity contribution in [1.29, 1.82) is 0 Å². The van der Waals surface area contributed by atoms with Gasteiger partial charge in [0.05, 0.1) is 13.2 Å². The summed E-state index contributed by atoms with van der Waals surface area (Å²) in [5.41, 5.74) is 2.20. The van der Waals surface area contributed by atoms with Crippen LogP contribution in [-0.2, 0) is 28.2 Å². The van der Waals surface area contributed by atoms with Crippen molar-refractivity contribution in [3.63, 3.8) is 0 Å². The molecular formula is C20H19ClN2O4. The molecule has 4 rings (SSSR count). The Morgan fingerprint density at radius 2 is 1.96 bits per heavy atom. The predicted molar refractivity (Wildman–Crippen MR) is 99.3 cm³/mol. The first-order chi connectivity index (χ1) is 12.9. The molecule has 2 aromatic carbocycles. The zero-order chi connectivity index (χ0) is 19.2. The van der Waals surface area contributed by atoms with E-state index in [-0.39, 0.29) is 19.2 Å². The Morgan fingerprint density at radius 3 is 2.70 bits per heavy atom. The number of ether oxygens (including phenoxy) is 2. The van der Waals surface area contributed by atoms with Gasteiger partial charge < -0.3 is 14.8 Å². The van der Waals surface area contributed by atoms with Crippen LogP contribution in [0.15, 0.2) is 36.4 Å². The third-order valence-electron chi connectivity index (χ3n) is 4.98. The summed E-state index contributed by atoms with van der Waals surface area (Å²) in [4.78, 5) is 26.9. The number of carbonyl (C=O) groups is 2. The highest BCUT2D eigenvalue weighted by molar-refractivity contribution is 6.30. The number of benzene rings is 2. The van der Waals surface area contributed by atoms with E-state index < -0.39 is 11.6 Å². The summed E-state index contributed by atoms with van der Waals surface area (Å²) in [6, 6.07) is 10.6. The lowest BCUT2D eigenvalue weighted by Crippen LogP contribution is -2.40. The van der Waals surface area contributed by atoms with Gasteiger partial charge in [-0.3, -0.25) is 9.69 Å². The second kappa shape index (κ2) is 6.55. The maximum atomic E-state index is 13.1. The molecule has 2 aliphatic heterocycles. The summed E-state index contributed by atoms with van der Waals surface area (Å²) >= 11 is 6.19. The Kier molecular flexibility index (Phi) is 4.32. The minimum absolute atomic E-state index is 0.0784. The molecule has 1 fully saturated rings. The average molecular weight is 387 g/mol. The summed E-state index contributed by atoms with van der Waals surface area (Å²) in [6.45, 7) is 4.27. The van der Waals surface area contributed by atoms with Crippen LogP contribution >= 0.6 is 11.6 Å². The van der Waals surface area contributed by atoms with E-state index in [0.717, 1.165) is 16.7 Å². The fourth-order valence-corrected chi connectivity index (χ4v) is 3.73. The standard InChI is InChI=1S/C20H19ClN2O4/c1-12-3-5-15(6-4-12)20(2)18(24)23(19(25)22-20)9-13-7-16(21)8-14-10-26-11-27-17(13)14/h3-8H,9-11H2,1-2H3,(H,22,25). The first-order valence-electron chi connectivity index (χ1n) is 8.61. The number of amides is 3. The van der Waals surface area contributed by atoms with Crippen molar-refractivity contribution < 1.29 is 19.1 Å². The van der Waals surface area contributed by atoms with Crippen molar-refractivity contribution >= 4 is 23.5 Å². The lowest BCUT2D eigenvalue weighted by atomic mass is 9.91. The zero-order valence-corrected chi connectivity index (χ0v) is 15.8. The fraction of sp³-hybridized carbons (Fsp3) is 0.300. The van der Waals surface area contributed by atoms with E-state index in [9.17, 15) is 9.59 Å². The summed E-state index contributed by atoms with van der Waals surface area (Å²) in [6.07, 6.45) is 0. The van der Waals surface area contributed by atoms with Gasteiger partial charge in [0.1, 0.15) is 11.3 Å². The average Bonchev–Trinajstić information content (AvgIpc) is 2.86. The number of nitrogens with one attached hydrogen (secondary N) is 1. The monoisotopic (exact) mass is 386 g/mol. The number of carbonyl (C=O) groups excluding carboxylic acids is 2. The molecule has 3 amide bonds. The van der Waals surface area contributed by atoms with Crippen molar-refractivity contribution in [1.82, 2.24) is 10.2 Å². The van der Waals surface area contributed by atoms with Gasteiger partial charge >= 0.3 is 6.03 Å². The van der Waals surface area contributed by atoms with Gasteiger partial charge in [-0.2, -0.15) is 0 Å². The van der Waals surface area contributed by atoms with Gasteiger partial charge in [0.25, 0.3) is 5.91 Å². The zero-order valence-electron chi connectivity index (χ0n) is 15.0. The number of aryl methyl sites for hydroxylation is 1. The highest BCUT2D eigenvalue weighted by Crippen LogP contribution is 2.35. The Bertz CT molecular complexity index is 928. The molecule has 2 aromatic rings. The molecule has 6 nitrogen and oxygen atoms in total. The highest BCUT2D eigenvalue weighted by atomic mass is 35.5. The number of halogens is 1. The van der Waals surface area contributed by atoms with E-state index in [4.69, 9.17) is 21.1 Å². The molecular weight excluding hydrogens is 368 g/mol. The molecule has 0 aromatic heterocycles. The number of fused-ring (bicyclic) bond motifs is 1. The van der Waals surface area contributed by atoms with Crippen molar-refractivity contribution in [2.45, 2.75) is 32.5 Å². The Labute approximate surface area is 162 Å². The van der Waals surface area contributed by atoms with E-state index in [0.29, 0.717) is 22.9 Å².